The van der Waals surface area contributed by atoms with Crippen molar-refractivity contribution in [2.75, 3.05) is 19.6 Å². The van der Waals surface area contributed by atoms with Crippen molar-refractivity contribution in [3.05, 3.63) is 34.6 Å². The van der Waals surface area contributed by atoms with Gasteiger partial charge >= 0.3 is 0 Å². The molecule has 1 amide bonds. The highest BCUT2D eigenvalue weighted by atomic mass is 35.5. The molecule has 1 aromatic carbocycles. The van der Waals surface area contributed by atoms with Crippen LogP contribution in [0, 0.1) is 11.7 Å². The van der Waals surface area contributed by atoms with E-state index < -0.39 is 11.7 Å². The lowest BCUT2D eigenvalue weighted by Crippen LogP contribution is -2.38. The van der Waals surface area contributed by atoms with Crippen LogP contribution in [0.3, 0.4) is 0 Å². The zero-order valence-electron chi connectivity index (χ0n) is 10.4. The molecule has 1 unspecified atom stereocenters. The van der Waals surface area contributed by atoms with Crippen molar-refractivity contribution in [1.82, 2.24) is 10.6 Å². The van der Waals surface area contributed by atoms with Gasteiger partial charge < -0.3 is 10.6 Å². The summed E-state index contributed by atoms with van der Waals surface area (Å²) in [5, 5.41) is 6.01. The van der Waals surface area contributed by atoms with Gasteiger partial charge in [0.15, 0.2) is 5.82 Å². The first-order chi connectivity index (χ1) is 8.68. The molecule has 0 radical (unpaired) electrons. The Morgan fingerprint density at radius 3 is 3.00 bits per heavy atom. The Hall–Kier alpha value is -0.840. The Morgan fingerprint density at radius 1 is 1.53 bits per heavy atom. The van der Waals surface area contributed by atoms with Gasteiger partial charge in [0.05, 0.1) is 10.6 Å². The number of piperidine rings is 1. The molecule has 3 nitrogen and oxygen atoms in total. The number of benzene rings is 1. The predicted octanol–water partition coefficient (Wildman–Crippen LogP) is 2.63. The molecule has 1 atom stereocenters. The molecule has 19 heavy (non-hydrogen) atoms. The number of amides is 1. The summed E-state index contributed by atoms with van der Waals surface area (Å²) in [6.45, 7) is 2.50. The van der Waals surface area contributed by atoms with E-state index in [1.54, 1.807) is 6.07 Å². The summed E-state index contributed by atoms with van der Waals surface area (Å²) in [4.78, 5) is 11.8. The predicted molar refractivity (Wildman–Crippen MR) is 76.6 cm³/mol. The van der Waals surface area contributed by atoms with Gasteiger partial charge in [0.25, 0.3) is 5.91 Å². The molecule has 2 rings (SSSR count). The van der Waals surface area contributed by atoms with Crippen molar-refractivity contribution in [3.8, 4) is 0 Å². The summed E-state index contributed by atoms with van der Waals surface area (Å²) in [7, 11) is 0. The molecule has 1 aromatic rings. The third-order valence-corrected chi connectivity index (χ3v) is 3.44. The van der Waals surface area contributed by atoms with Crippen molar-refractivity contribution in [2.45, 2.75) is 12.8 Å². The van der Waals surface area contributed by atoms with Crippen LogP contribution in [0.2, 0.25) is 5.02 Å². The third-order valence-electron chi connectivity index (χ3n) is 3.15. The zero-order chi connectivity index (χ0) is 13.0. The average Bonchev–Trinajstić information content (AvgIpc) is 2.40. The second kappa shape index (κ2) is 7.68. The summed E-state index contributed by atoms with van der Waals surface area (Å²) in [6, 6.07) is 4.44. The number of hydrogen-bond acceptors (Lipinski definition) is 2. The standard InChI is InChI=1S/C13H16ClFN2O.ClH/c14-11-5-1-4-10(12(11)15)13(18)17-8-9-3-2-6-16-7-9;/h1,4-5,9,16H,2-3,6-8H2,(H,17,18);1H. The van der Waals surface area contributed by atoms with E-state index in [1.807, 2.05) is 0 Å². The van der Waals surface area contributed by atoms with Crippen molar-refractivity contribution in [3.63, 3.8) is 0 Å². The fourth-order valence-corrected chi connectivity index (χ4v) is 2.28. The van der Waals surface area contributed by atoms with Crippen molar-refractivity contribution in [2.24, 2.45) is 5.92 Å². The molecule has 1 aliphatic rings. The number of hydrogen-bond donors (Lipinski definition) is 2. The fourth-order valence-electron chi connectivity index (χ4n) is 2.11. The molecule has 0 aliphatic carbocycles. The van der Waals surface area contributed by atoms with E-state index in [4.69, 9.17) is 11.6 Å². The minimum Gasteiger partial charge on any atom is -0.352 e. The van der Waals surface area contributed by atoms with Crippen LogP contribution >= 0.6 is 24.0 Å². The summed E-state index contributed by atoms with van der Waals surface area (Å²) < 4.78 is 13.6. The number of carbonyl (C=O) groups is 1. The van der Waals surface area contributed by atoms with Crippen molar-refractivity contribution < 1.29 is 9.18 Å². The van der Waals surface area contributed by atoms with Gasteiger partial charge in [-0.2, -0.15) is 0 Å². The molecular weight excluding hydrogens is 290 g/mol. The first kappa shape index (κ1) is 16.2. The lowest BCUT2D eigenvalue weighted by atomic mass is 9.99. The Labute approximate surface area is 123 Å². The van der Waals surface area contributed by atoms with Crippen LogP contribution in [0.15, 0.2) is 18.2 Å². The maximum Gasteiger partial charge on any atom is 0.254 e. The third kappa shape index (κ3) is 4.34. The van der Waals surface area contributed by atoms with Crippen molar-refractivity contribution >= 4 is 29.9 Å². The van der Waals surface area contributed by atoms with Gasteiger partial charge in [0, 0.05) is 6.54 Å². The molecule has 1 saturated heterocycles. The highest BCUT2D eigenvalue weighted by Crippen LogP contribution is 2.18. The summed E-state index contributed by atoms with van der Waals surface area (Å²) in [5.41, 5.74) is 0.00580. The first-order valence-electron chi connectivity index (χ1n) is 6.11. The average molecular weight is 307 g/mol. The first-order valence-corrected chi connectivity index (χ1v) is 6.49. The maximum atomic E-state index is 13.6. The van der Waals surface area contributed by atoms with Crippen LogP contribution in [-0.4, -0.2) is 25.5 Å². The Balaban J connectivity index is 0.00000180. The maximum absolute atomic E-state index is 13.6. The molecule has 2 N–H and O–H groups in total. The Kier molecular flexibility index (Phi) is 6.55. The van der Waals surface area contributed by atoms with Gasteiger partial charge in [0.1, 0.15) is 0 Å². The van der Waals surface area contributed by atoms with Crippen LogP contribution in [0.1, 0.15) is 23.2 Å². The number of nitrogens with one attached hydrogen (secondary N) is 2. The van der Waals surface area contributed by atoms with E-state index in [9.17, 15) is 9.18 Å². The normalized spacial score (nSPS) is 18.5. The molecule has 0 aromatic heterocycles. The van der Waals surface area contributed by atoms with E-state index in [0.717, 1.165) is 25.9 Å². The topological polar surface area (TPSA) is 41.1 Å². The SMILES string of the molecule is Cl.O=C(NCC1CCCNC1)c1cccc(Cl)c1F. The smallest absolute Gasteiger partial charge is 0.254 e. The van der Waals surface area contributed by atoms with Crippen LogP contribution in [0.25, 0.3) is 0 Å². The van der Waals surface area contributed by atoms with Crippen LogP contribution in [0.5, 0.6) is 0 Å². The molecule has 106 valence electrons. The molecule has 0 bridgehead atoms. The zero-order valence-corrected chi connectivity index (χ0v) is 12.0. The van der Waals surface area contributed by atoms with E-state index in [-0.39, 0.29) is 23.0 Å². The highest BCUT2D eigenvalue weighted by molar-refractivity contribution is 6.31. The van der Waals surface area contributed by atoms with Crippen LogP contribution in [0.4, 0.5) is 4.39 Å². The minimum absolute atomic E-state index is 0. The Bertz CT molecular complexity index is 437. The summed E-state index contributed by atoms with van der Waals surface area (Å²) in [6.07, 6.45) is 2.21. The second-order valence-electron chi connectivity index (χ2n) is 4.52. The van der Waals surface area contributed by atoms with Gasteiger partial charge in [-0.15, -0.1) is 12.4 Å². The monoisotopic (exact) mass is 306 g/mol. The van der Waals surface area contributed by atoms with Gasteiger partial charge in [-0.05, 0) is 44.0 Å². The minimum atomic E-state index is -0.654. The second-order valence-corrected chi connectivity index (χ2v) is 4.93. The van der Waals surface area contributed by atoms with Gasteiger partial charge in [-0.3, -0.25) is 4.79 Å². The van der Waals surface area contributed by atoms with Gasteiger partial charge in [-0.25, -0.2) is 4.39 Å². The van der Waals surface area contributed by atoms with Gasteiger partial charge in [0.2, 0.25) is 0 Å². The largest absolute Gasteiger partial charge is 0.352 e. The molecule has 6 heteroatoms. The molecule has 1 aliphatic heterocycles. The van der Waals surface area contributed by atoms with Crippen LogP contribution in [-0.2, 0) is 0 Å². The van der Waals surface area contributed by atoms with Gasteiger partial charge in [-0.1, -0.05) is 17.7 Å². The molecular formula is C13H17Cl2FN2O. The Morgan fingerprint density at radius 2 is 2.32 bits per heavy atom. The molecule has 0 spiro atoms. The molecule has 1 heterocycles. The van der Waals surface area contributed by atoms with E-state index >= 15 is 0 Å². The lowest BCUT2D eigenvalue weighted by molar-refractivity contribution is 0.0941. The van der Waals surface area contributed by atoms with Crippen molar-refractivity contribution in [1.29, 1.82) is 0 Å². The summed E-state index contributed by atoms with van der Waals surface area (Å²) >= 11 is 5.64. The quantitative estimate of drug-likeness (QED) is 0.901. The van der Waals surface area contributed by atoms with E-state index in [2.05, 4.69) is 10.6 Å². The lowest BCUT2D eigenvalue weighted by Gasteiger charge is -2.22. The van der Waals surface area contributed by atoms with E-state index in [0.29, 0.717) is 12.5 Å². The molecule has 0 saturated carbocycles. The van der Waals surface area contributed by atoms with E-state index in [1.165, 1.54) is 12.1 Å². The number of rotatable bonds is 3. The highest BCUT2D eigenvalue weighted by Gasteiger charge is 2.17. The fraction of sp³-hybridized carbons (Fsp3) is 0.462. The van der Waals surface area contributed by atoms with Crippen LogP contribution < -0.4 is 10.6 Å². The molecule has 1 fully saturated rings. The summed E-state index contributed by atoms with van der Waals surface area (Å²) in [5.74, 6) is -0.635. The number of carbonyl (C=O) groups excluding carboxylic acids is 1. The number of halogens is 3.